The fraction of sp³-hybridized carbons (Fsp3) is 0.273. The van der Waals surface area contributed by atoms with Gasteiger partial charge in [0.2, 0.25) is 0 Å². The van der Waals surface area contributed by atoms with E-state index in [9.17, 15) is 0 Å². The summed E-state index contributed by atoms with van der Waals surface area (Å²) >= 11 is 0. The second kappa shape index (κ2) is 9.73. The first kappa shape index (κ1) is 24.4. The van der Waals surface area contributed by atoms with E-state index in [2.05, 4.69) is 134 Å². The number of morpholine rings is 1. The Labute approximate surface area is 225 Å². The highest BCUT2D eigenvalue weighted by molar-refractivity contribution is 6.02. The Morgan fingerprint density at radius 1 is 0.711 bits per heavy atom. The molecule has 0 spiro atoms. The molecule has 0 amide bonds. The summed E-state index contributed by atoms with van der Waals surface area (Å²) in [5.74, 6) is 0.904. The van der Waals surface area contributed by atoms with Crippen molar-refractivity contribution in [1.29, 1.82) is 0 Å². The fourth-order valence-corrected chi connectivity index (χ4v) is 5.58. The highest BCUT2D eigenvalue weighted by Gasteiger charge is 2.38. The van der Waals surface area contributed by atoms with Gasteiger partial charge in [0.1, 0.15) is 5.75 Å². The van der Waals surface area contributed by atoms with Gasteiger partial charge in [0.25, 0.3) is 0 Å². The van der Waals surface area contributed by atoms with Crippen molar-refractivity contribution in [2.24, 2.45) is 0 Å². The molecule has 0 N–H and O–H groups in total. The second-order valence-corrected chi connectivity index (χ2v) is 10.5. The quantitative estimate of drug-likeness (QED) is 0.324. The van der Waals surface area contributed by atoms with Crippen molar-refractivity contribution >= 4 is 33.9 Å². The van der Waals surface area contributed by atoms with Crippen LogP contribution in [0.1, 0.15) is 16.7 Å². The van der Waals surface area contributed by atoms with Crippen LogP contribution in [-0.2, 0) is 10.3 Å². The molecule has 0 aliphatic carbocycles. The van der Waals surface area contributed by atoms with E-state index in [-0.39, 0.29) is 0 Å². The lowest BCUT2D eigenvalue weighted by Crippen LogP contribution is -2.37. The van der Waals surface area contributed by atoms with Crippen LogP contribution < -0.4 is 19.4 Å². The van der Waals surface area contributed by atoms with Gasteiger partial charge in [-0.2, -0.15) is 0 Å². The number of anilines is 3. The van der Waals surface area contributed by atoms with Crippen LogP contribution in [0.4, 0.5) is 17.1 Å². The summed E-state index contributed by atoms with van der Waals surface area (Å²) in [5, 5.41) is 2.46. The van der Waals surface area contributed by atoms with Gasteiger partial charge < -0.3 is 24.2 Å². The summed E-state index contributed by atoms with van der Waals surface area (Å²) in [7, 11) is 8.26. The molecule has 1 saturated heterocycles. The number of benzene rings is 4. The Kier molecular flexibility index (Phi) is 6.24. The standard InChI is InChI=1S/C33H35N3O2/c1-34(2)26-13-9-24(10-14-26)33(25-11-15-27(16-12-25)35(3)4)18-17-30-28-7-5-6-8-29(28)31(23-32(30)38-33)36-19-21-37-22-20-36/h5-18,23H,19-22H2,1-4H3. The zero-order chi connectivity index (χ0) is 26.3. The minimum Gasteiger partial charge on any atom is -0.473 e. The summed E-state index contributed by atoms with van der Waals surface area (Å²) in [6, 6.07) is 28.3. The van der Waals surface area contributed by atoms with Gasteiger partial charge in [-0.05, 0) is 41.8 Å². The number of rotatable bonds is 5. The number of hydrogen-bond acceptors (Lipinski definition) is 5. The van der Waals surface area contributed by atoms with Crippen molar-refractivity contribution in [2.75, 3.05) is 69.2 Å². The molecule has 5 nitrogen and oxygen atoms in total. The van der Waals surface area contributed by atoms with E-state index in [1.807, 2.05) is 0 Å². The van der Waals surface area contributed by atoms with Crippen LogP contribution in [0.15, 0.2) is 84.9 Å². The maximum absolute atomic E-state index is 7.16. The maximum Gasteiger partial charge on any atom is 0.178 e. The highest BCUT2D eigenvalue weighted by Crippen LogP contribution is 2.47. The average molecular weight is 506 g/mol. The number of fused-ring (bicyclic) bond motifs is 3. The van der Waals surface area contributed by atoms with Crippen molar-refractivity contribution < 1.29 is 9.47 Å². The van der Waals surface area contributed by atoms with Gasteiger partial charge in [-0.15, -0.1) is 0 Å². The van der Waals surface area contributed by atoms with Gasteiger partial charge in [-0.3, -0.25) is 0 Å². The van der Waals surface area contributed by atoms with Crippen molar-refractivity contribution in [1.82, 2.24) is 0 Å². The first-order chi connectivity index (χ1) is 18.5. The number of nitrogens with zero attached hydrogens (tertiary/aromatic N) is 3. The molecule has 6 rings (SSSR count). The smallest absolute Gasteiger partial charge is 0.178 e. The molecule has 5 heteroatoms. The molecule has 2 aliphatic rings. The van der Waals surface area contributed by atoms with E-state index < -0.39 is 5.60 Å². The van der Waals surface area contributed by atoms with E-state index in [0.29, 0.717) is 0 Å². The molecular formula is C33H35N3O2. The Hall–Kier alpha value is -3.96. The van der Waals surface area contributed by atoms with E-state index in [4.69, 9.17) is 9.47 Å². The first-order valence-electron chi connectivity index (χ1n) is 13.3. The molecule has 38 heavy (non-hydrogen) atoms. The lowest BCUT2D eigenvalue weighted by molar-refractivity contribution is 0.122. The highest BCUT2D eigenvalue weighted by atomic mass is 16.5. The third kappa shape index (κ3) is 4.17. The van der Waals surface area contributed by atoms with Crippen LogP contribution in [-0.4, -0.2) is 54.5 Å². The van der Waals surface area contributed by atoms with E-state index in [0.717, 1.165) is 60.1 Å². The average Bonchev–Trinajstić information content (AvgIpc) is 2.97. The lowest BCUT2D eigenvalue weighted by Gasteiger charge is -2.38. The molecule has 2 heterocycles. The van der Waals surface area contributed by atoms with Gasteiger partial charge in [0, 0.05) is 86.5 Å². The van der Waals surface area contributed by atoms with Crippen molar-refractivity contribution in [3.05, 3.63) is 102 Å². The number of hydrogen-bond donors (Lipinski definition) is 0. The molecule has 4 aromatic rings. The molecule has 1 fully saturated rings. The molecule has 0 saturated carbocycles. The van der Waals surface area contributed by atoms with Crippen LogP contribution in [0, 0.1) is 0 Å². The molecule has 0 bridgehead atoms. The van der Waals surface area contributed by atoms with Crippen molar-refractivity contribution in [3.8, 4) is 5.75 Å². The predicted molar refractivity (Wildman–Crippen MR) is 159 cm³/mol. The molecular weight excluding hydrogens is 470 g/mol. The van der Waals surface area contributed by atoms with Gasteiger partial charge in [0.15, 0.2) is 5.60 Å². The van der Waals surface area contributed by atoms with Crippen molar-refractivity contribution in [3.63, 3.8) is 0 Å². The molecule has 0 atom stereocenters. The Morgan fingerprint density at radius 3 is 1.82 bits per heavy atom. The van der Waals surface area contributed by atoms with E-state index in [1.54, 1.807) is 0 Å². The van der Waals surface area contributed by atoms with Crippen LogP contribution in [0.2, 0.25) is 0 Å². The summed E-state index contributed by atoms with van der Waals surface area (Å²) < 4.78 is 12.8. The molecule has 2 aliphatic heterocycles. The largest absolute Gasteiger partial charge is 0.473 e. The summed E-state index contributed by atoms with van der Waals surface area (Å²) in [6.07, 6.45) is 4.48. The van der Waals surface area contributed by atoms with Gasteiger partial charge >= 0.3 is 0 Å². The minimum absolute atomic E-state index is 0.743. The van der Waals surface area contributed by atoms with Crippen LogP contribution in [0.3, 0.4) is 0 Å². The summed E-state index contributed by atoms with van der Waals surface area (Å²) in [6.45, 7) is 3.24. The van der Waals surface area contributed by atoms with E-state index >= 15 is 0 Å². The zero-order valence-electron chi connectivity index (χ0n) is 22.6. The van der Waals surface area contributed by atoms with E-state index in [1.165, 1.54) is 16.5 Å². The third-order valence-electron chi connectivity index (χ3n) is 7.76. The van der Waals surface area contributed by atoms with Gasteiger partial charge in [-0.1, -0.05) is 48.5 Å². The van der Waals surface area contributed by atoms with Gasteiger partial charge in [-0.25, -0.2) is 0 Å². The number of ether oxygens (including phenoxy) is 2. The monoisotopic (exact) mass is 505 g/mol. The van der Waals surface area contributed by atoms with Crippen LogP contribution in [0.5, 0.6) is 5.75 Å². The molecule has 0 radical (unpaired) electrons. The normalized spacial score (nSPS) is 16.2. The molecule has 194 valence electrons. The molecule has 4 aromatic carbocycles. The summed E-state index contributed by atoms with van der Waals surface area (Å²) in [5.41, 5.74) is 6.11. The molecule has 0 unspecified atom stereocenters. The second-order valence-electron chi connectivity index (χ2n) is 10.5. The summed E-state index contributed by atoms with van der Waals surface area (Å²) in [4.78, 5) is 6.67. The Bertz CT molecular complexity index is 1420. The fourth-order valence-electron chi connectivity index (χ4n) is 5.58. The minimum atomic E-state index is -0.743. The SMILES string of the molecule is CN(C)c1ccc(C2(c3ccc(N(C)C)cc3)C=Cc3c(cc(N4CCOCC4)c4ccccc34)O2)cc1. The lowest BCUT2D eigenvalue weighted by atomic mass is 9.82. The maximum atomic E-state index is 7.16. The Morgan fingerprint density at radius 2 is 1.26 bits per heavy atom. The van der Waals surface area contributed by atoms with Gasteiger partial charge in [0.05, 0.1) is 13.2 Å². The third-order valence-corrected chi connectivity index (χ3v) is 7.76. The van der Waals surface area contributed by atoms with Crippen molar-refractivity contribution in [2.45, 2.75) is 5.60 Å². The van der Waals surface area contributed by atoms with Crippen LogP contribution in [0.25, 0.3) is 16.8 Å². The zero-order valence-corrected chi connectivity index (χ0v) is 22.6. The van der Waals surface area contributed by atoms with Crippen LogP contribution >= 0.6 is 0 Å². The topological polar surface area (TPSA) is 28.2 Å². The Balaban J connectivity index is 1.53. The molecule has 0 aromatic heterocycles. The predicted octanol–water partition coefficient (Wildman–Crippen LogP) is 6.16. The first-order valence-corrected chi connectivity index (χ1v) is 13.3.